The maximum Gasteiger partial charge on any atom is 0.256 e. The molecule has 2 aromatic carbocycles. The van der Waals surface area contributed by atoms with Crippen molar-refractivity contribution in [1.29, 1.82) is 0 Å². The van der Waals surface area contributed by atoms with E-state index in [4.69, 9.17) is 16.3 Å². The topological polar surface area (TPSA) is 78.9 Å². The van der Waals surface area contributed by atoms with Gasteiger partial charge in [0.05, 0.1) is 29.5 Å². The van der Waals surface area contributed by atoms with Crippen LogP contribution in [-0.2, 0) is 14.8 Å². The van der Waals surface area contributed by atoms with Gasteiger partial charge in [0.2, 0.25) is 10.0 Å². The first-order valence-corrected chi connectivity index (χ1v) is 11.0. The van der Waals surface area contributed by atoms with E-state index in [0.717, 1.165) is 5.69 Å². The molecule has 9 heteroatoms. The molecular formula is C20H24ClN3O4S. The fraction of sp³-hybridized carbons (Fsp3) is 0.350. The molecule has 0 saturated carbocycles. The molecule has 0 spiro atoms. The number of carbonyl (C=O) groups is 1. The summed E-state index contributed by atoms with van der Waals surface area (Å²) >= 11 is 6.09. The van der Waals surface area contributed by atoms with E-state index in [1.54, 1.807) is 25.1 Å². The zero-order valence-electron chi connectivity index (χ0n) is 16.6. The molecule has 2 aromatic rings. The zero-order chi connectivity index (χ0) is 21.2. The molecule has 29 heavy (non-hydrogen) atoms. The van der Waals surface area contributed by atoms with Gasteiger partial charge in [-0.3, -0.25) is 4.79 Å². The Balaban J connectivity index is 1.92. The lowest BCUT2D eigenvalue weighted by molar-refractivity contribution is 0.0730. The highest BCUT2D eigenvalue weighted by molar-refractivity contribution is 7.89. The average molecular weight is 438 g/mol. The first kappa shape index (κ1) is 21.6. The van der Waals surface area contributed by atoms with E-state index < -0.39 is 15.9 Å². The second-order valence-corrected chi connectivity index (χ2v) is 9.38. The predicted octanol–water partition coefficient (Wildman–Crippen LogP) is 2.99. The summed E-state index contributed by atoms with van der Waals surface area (Å²) in [7, 11) is 0.0296. The highest BCUT2D eigenvalue weighted by atomic mass is 35.5. The normalized spacial score (nSPS) is 15.2. The van der Waals surface area contributed by atoms with Gasteiger partial charge >= 0.3 is 0 Å². The van der Waals surface area contributed by atoms with Gasteiger partial charge in [0.1, 0.15) is 0 Å². The lowest BCUT2D eigenvalue weighted by Gasteiger charge is -2.26. The van der Waals surface area contributed by atoms with Crippen LogP contribution >= 0.6 is 11.6 Å². The third kappa shape index (κ3) is 4.72. The number of nitrogens with one attached hydrogen (secondary N) is 1. The number of halogens is 1. The number of morpholine rings is 1. The van der Waals surface area contributed by atoms with Crippen molar-refractivity contribution in [2.24, 2.45) is 0 Å². The van der Waals surface area contributed by atoms with Crippen molar-refractivity contribution in [2.45, 2.75) is 11.8 Å². The Kier molecular flexibility index (Phi) is 6.48. The molecule has 0 bridgehead atoms. The molecule has 1 N–H and O–H groups in total. The molecule has 0 aromatic heterocycles. The van der Waals surface area contributed by atoms with Gasteiger partial charge in [-0.2, -0.15) is 4.31 Å². The minimum atomic E-state index is -3.69. The molecule has 0 atom stereocenters. The van der Waals surface area contributed by atoms with Crippen molar-refractivity contribution in [3.05, 3.63) is 52.5 Å². The fourth-order valence-corrected chi connectivity index (χ4v) is 4.74. The number of hydrogen-bond acceptors (Lipinski definition) is 5. The van der Waals surface area contributed by atoms with Gasteiger partial charge in [0.15, 0.2) is 0 Å². The summed E-state index contributed by atoms with van der Waals surface area (Å²) in [4.78, 5) is 14.9. The summed E-state index contributed by atoms with van der Waals surface area (Å²) in [6.45, 7) is 3.09. The summed E-state index contributed by atoms with van der Waals surface area (Å²) in [5, 5.41) is 3.35. The SMILES string of the molecule is Cc1ccc(S(=O)(=O)N2CCOCC2)cc1C(=O)Nc1cc(Cl)ccc1N(C)C. The molecule has 1 fully saturated rings. The molecule has 1 saturated heterocycles. The minimum Gasteiger partial charge on any atom is -0.379 e. The molecule has 0 unspecified atom stereocenters. The van der Waals surface area contributed by atoms with Crippen LogP contribution in [0.25, 0.3) is 0 Å². The first-order valence-electron chi connectivity index (χ1n) is 9.17. The summed E-state index contributed by atoms with van der Waals surface area (Å²) in [6, 6.07) is 9.82. The van der Waals surface area contributed by atoms with E-state index in [2.05, 4.69) is 5.32 Å². The van der Waals surface area contributed by atoms with Crippen LogP contribution in [0.5, 0.6) is 0 Å². The van der Waals surface area contributed by atoms with E-state index in [9.17, 15) is 13.2 Å². The smallest absolute Gasteiger partial charge is 0.256 e. The lowest BCUT2D eigenvalue weighted by atomic mass is 10.1. The van der Waals surface area contributed by atoms with Crippen molar-refractivity contribution in [1.82, 2.24) is 4.31 Å². The number of amides is 1. The van der Waals surface area contributed by atoms with Crippen molar-refractivity contribution in [3.63, 3.8) is 0 Å². The quantitative estimate of drug-likeness (QED) is 0.777. The number of nitrogens with zero attached hydrogens (tertiary/aromatic N) is 2. The molecule has 0 aliphatic carbocycles. The van der Waals surface area contributed by atoms with Gasteiger partial charge < -0.3 is 15.0 Å². The van der Waals surface area contributed by atoms with Crippen molar-refractivity contribution in [3.8, 4) is 0 Å². The van der Waals surface area contributed by atoms with E-state index >= 15 is 0 Å². The third-order valence-corrected chi connectivity index (χ3v) is 6.88. The molecule has 3 rings (SSSR count). The second kappa shape index (κ2) is 8.71. The number of rotatable bonds is 5. The summed E-state index contributed by atoms with van der Waals surface area (Å²) in [5.74, 6) is -0.396. The largest absolute Gasteiger partial charge is 0.379 e. The maximum absolute atomic E-state index is 13.0. The van der Waals surface area contributed by atoms with Crippen LogP contribution < -0.4 is 10.2 Å². The number of sulfonamides is 1. The molecule has 7 nitrogen and oxygen atoms in total. The van der Waals surface area contributed by atoms with Gasteiger partial charge in [0.25, 0.3) is 5.91 Å². The number of ether oxygens (including phenoxy) is 1. The van der Waals surface area contributed by atoms with Crippen molar-refractivity contribution in [2.75, 3.05) is 50.6 Å². The number of aryl methyl sites for hydroxylation is 1. The van der Waals surface area contributed by atoms with Crippen LogP contribution in [0.2, 0.25) is 5.02 Å². The number of benzene rings is 2. The van der Waals surface area contributed by atoms with Gasteiger partial charge in [-0.05, 0) is 42.8 Å². The molecule has 0 radical (unpaired) electrons. The van der Waals surface area contributed by atoms with Crippen LogP contribution in [0.3, 0.4) is 0 Å². The summed E-state index contributed by atoms with van der Waals surface area (Å²) < 4.78 is 32.5. The Morgan fingerprint density at radius 1 is 1.14 bits per heavy atom. The highest BCUT2D eigenvalue weighted by Gasteiger charge is 2.27. The molecule has 1 aliphatic heterocycles. The van der Waals surface area contributed by atoms with Crippen LogP contribution in [-0.4, -0.2) is 59.0 Å². The summed E-state index contributed by atoms with van der Waals surface area (Å²) in [6.07, 6.45) is 0. The molecule has 1 aliphatic rings. The lowest BCUT2D eigenvalue weighted by Crippen LogP contribution is -2.40. The van der Waals surface area contributed by atoms with Crippen LogP contribution in [0.15, 0.2) is 41.3 Å². The number of anilines is 2. The molecule has 1 heterocycles. The Labute approximate surface area is 176 Å². The Morgan fingerprint density at radius 2 is 1.83 bits per heavy atom. The van der Waals surface area contributed by atoms with Gasteiger partial charge in [0, 0.05) is 37.8 Å². The fourth-order valence-electron chi connectivity index (χ4n) is 3.13. The minimum absolute atomic E-state index is 0.0917. The molecular weight excluding hydrogens is 414 g/mol. The van der Waals surface area contributed by atoms with Gasteiger partial charge in [-0.15, -0.1) is 0 Å². The summed E-state index contributed by atoms with van der Waals surface area (Å²) in [5.41, 5.74) is 2.31. The third-order valence-electron chi connectivity index (χ3n) is 4.75. The molecule has 156 valence electrons. The Morgan fingerprint density at radius 3 is 2.48 bits per heavy atom. The number of hydrogen-bond donors (Lipinski definition) is 1. The van der Waals surface area contributed by atoms with Crippen LogP contribution in [0, 0.1) is 6.92 Å². The highest BCUT2D eigenvalue weighted by Crippen LogP contribution is 2.29. The Hall–Kier alpha value is -2.13. The standard InChI is InChI=1S/C20H24ClN3O4S/c1-14-4-6-16(29(26,27)24-8-10-28-11-9-24)13-17(14)20(25)22-18-12-15(21)5-7-19(18)23(2)3/h4-7,12-13H,8-11H2,1-3H3,(H,22,25). The van der Waals surface area contributed by atoms with E-state index in [1.165, 1.54) is 16.4 Å². The zero-order valence-corrected chi connectivity index (χ0v) is 18.2. The Bertz CT molecular complexity index is 1020. The van der Waals surface area contributed by atoms with E-state index in [-0.39, 0.29) is 4.90 Å². The average Bonchev–Trinajstić information content (AvgIpc) is 2.68. The van der Waals surface area contributed by atoms with Crippen molar-refractivity contribution >= 4 is 38.9 Å². The van der Waals surface area contributed by atoms with E-state index in [1.807, 2.05) is 25.1 Å². The maximum atomic E-state index is 13.0. The number of carbonyl (C=O) groups excluding carboxylic acids is 1. The van der Waals surface area contributed by atoms with Gasteiger partial charge in [-0.1, -0.05) is 17.7 Å². The van der Waals surface area contributed by atoms with Crippen LogP contribution in [0.4, 0.5) is 11.4 Å². The molecule has 1 amide bonds. The van der Waals surface area contributed by atoms with Gasteiger partial charge in [-0.25, -0.2) is 8.42 Å². The first-order chi connectivity index (χ1) is 13.7. The van der Waals surface area contributed by atoms with Crippen molar-refractivity contribution < 1.29 is 17.9 Å². The second-order valence-electron chi connectivity index (χ2n) is 7.00. The van der Waals surface area contributed by atoms with Crippen LogP contribution in [0.1, 0.15) is 15.9 Å². The van der Waals surface area contributed by atoms with E-state index in [0.29, 0.717) is 48.1 Å². The predicted molar refractivity (Wildman–Crippen MR) is 114 cm³/mol. The monoisotopic (exact) mass is 437 g/mol.